The van der Waals surface area contributed by atoms with Gasteiger partial charge >= 0.3 is 0 Å². The molecule has 0 fully saturated rings. The first-order chi connectivity index (χ1) is 7.56. The summed E-state index contributed by atoms with van der Waals surface area (Å²) in [5.74, 6) is 2.55. The summed E-state index contributed by atoms with van der Waals surface area (Å²) in [5, 5.41) is 3.61. The van der Waals surface area contributed by atoms with Crippen LogP contribution in [0.2, 0.25) is 0 Å². The molecule has 16 heavy (non-hydrogen) atoms. The van der Waals surface area contributed by atoms with Crippen molar-refractivity contribution in [1.29, 1.82) is 0 Å². The van der Waals surface area contributed by atoms with E-state index in [1.807, 2.05) is 0 Å². The fourth-order valence-electron chi connectivity index (χ4n) is 2.15. The van der Waals surface area contributed by atoms with Crippen LogP contribution in [0.15, 0.2) is 0 Å². The Morgan fingerprint density at radius 3 is 2.00 bits per heavy atom. The molecular formula is C15H33N. The number of rotatable bonds is 10. The van der Waals surface area contributed by atoms with Gasteiger partial charge in [0.25, 0.3) is 0 Å². The van der Waals surface area contributed by atoms with Crippen molar-refractivity contribution in [2.24, 2.45) is 17.8 Å². The molecule has 0 bridgehead atoms. The number of hydrogen-bond donors (Lipinski definition) is 1. The van der Waals surface area contributed by atoms with E-state index in [1.165, 1.54) is 45.2 Å². The summed E-state index contributed by atoms with van der Waals surface area (Å²) in [6.45, 7) is 13.9. The fraction of sp³-hybridized carbons (Fsp3) is 1.00. The lowest BCUT2D eigenvalue weighted by Gasteiger charge is -2.18. The summed E-state index contributed by atoms with van der Waals surface area (Å²) in [6.07, 6.45) is 6.94. The van der Waals surface area contributed by atoms with E-state index in [0.717, 1.165) is 17.8 Å². The third-order valence-corrected chi connectivity index (χ3v) is 3.08. The molecule has 0 aliphatic carbocycles. The maximum Gasteiger partial charge on any atom is -0.00204 e. The normalized spacial score (nSPS) is 13.7. The molecule has 1 N–H and O–H groups in total. The Morgan fingerprint density at radius 1 is 0.812 bits per heavy atom. The molecule has 98 valence electrons. The molecule has 0 heterocycles. The molecule has 0 spiro atoms. The van der Waals surface area contributed by atoms with Gasteiger partial charge < -0.3 is 5.32 Å². The Kier molecular flexibility index (Phi) is 10.1. The molecule has 1 nitrogen and oxygen atoms in total. The Labute approximate surface area is 103 Å². The molecule has 0 radical (unpaired) electrons. The predicted octanol–water partition coefficient (Wildman–Crippen LogP) is 4.47. The van der Waals surface area contributed by atoms with Gasteiger partial charge in [-0.15, -0.1) is 0 Å². The first-order valence-corrected chi connectivity index (χ1v) is 7.26. The first kappa shape index (κ1) is 16.0. The highest BCUT2D eigenvalue weighted by Gasteiger charge is 2.08. The van der Waals surface area contributed by atoms with Gasteiger partial charge in [-0.2, -0.15) is 0 Å². The molecule has 0 rings (SSSR count). The Balaban J connectivity index is 3.61. The number of hydrogen-bond acceptors (Lipinski definition) is 1. The lowest BCUT2D eigenvalue weighted by atomic mass is 9.94. The molecule has 0 saturated carbocycles. The molecule has 1 heteroatoms. The van der Waals surface area contributed by atoms with Crippen LogP contribution in [0.1, 0.15) is 66.7 Å². The van der Waals surface area contributed by atoms with Crippen LogP contribution in [0.25, 0.3) is 0 Å². The third kappa shape index (κ3) is 10.5. The smallest absolute Gasteiger partial charge is 0.00204 e. The topological polar surface area (TPSA) is 12.0 Å². The molecular weight excluding hydrogens is 194 g/mol. The minimum atomic E-state index is 0.776. The summed E-state index contributed by atoms with van der Waals surface area (Å²) in [5.41, 5.74) is 0. The van der Waals surface area contributed by atoms with Crippen molar-refractivity contribution in [3.63, 3.8) is 0 Å². The van der Waals surface area contributed by atoms with E-state index in [4.69, 9.17) is 0 Å². The van der Waals surface area contributed by atoms with Crippen LogP contribution in [0.4, 0.5) is 0 Å². The average molecular weight is 227 g/mol. The van der Waals surface area contributed by atoms with Gasteiger partial charge in [0.1, 0.15) is 0 Å². The first-order valence-electron chi connectivity index (χ1n) is 7.26. The van der Waals surface area contributed by atoms with Gasteiger partial charge in [0.15, 0.2) is 0 Å². The molecule has 0 amide bonds. The molecule has 0 aromatic rings. The van der Waals surface area contributed by atoms with Gasteiger partial charge in [-0.1, -0.05) is 53.9 Å². The minimum Gasteiger partial charge on any atom is -0.316 e. The van der Waals surface area contributed by atoms with Gasteiger partial charge in [0.05, 0.1) is 0 Å². The quantitative estimate of drug-likeness (QED) is 0.580. The predicted molar refractivity (Wildman–Crippen MR) is 74.8 cm³/mol. The van der Waals surface area contributed by atoms with Gasteiger partial charge in [0.2, 0.25) is 0 Å². The minimum absolute atomic E-state index is 0.776. The molecule has 0 aliphatic rings. The van der Waals surface area contributed by atoms with Crippen molar-refractivity contribution < 1.29 is 0 Å². The largest absolute Gasteiger partial charge is 0.316 e. The number of nitrogens with one attached hydrogen (secondary N) is 1. The van der Waals surface area contributed by atoms with E-state index >= 15 is 0 Å². The van der Waals surface area contributed by atoms with Gasteiger partial charge in [-0.05, 0) is 43.7 Å². The van der Waals surface area contributed by atoms with Crippen molar-refractivity contribution in [2.45, 2.75) is 66.7 Å². The molecule has 0 aromatic heterocycles. The molecule has 1 unspecified atom stereocenters. The van der Waals surface area contributed by atoms with Crippen molar-refractivity contribution in [1.82, 2.24) is 5.32 Å². The summed E-state index contributed by atoms with van der Waals surface area (Å²) in [6, 6.07) is 0. The maximum absolute atomic E-state index is 3.61. The second kappa shape index (κ2) is 10.1. The van der Waals surface area contributed by atoms with Crippen molar-refractivity contribution in [3.05, 3.63) is 0 Å². The zero-order chi connectivity index (χ0) is 12.4. The van der Waals surface area contributed by atoms with E-state index in [2.05, 4.69) is 39.9 Å². The van der Waals surface area contributed by atoms with Crippen LogP contribution in [0, 0.1) is 17.8 Å². The lowest BCUT2D eigenvalue weighted by molar-refractivity contribution is 0.376. The summed E-state index contributed by atoms with van der Waals surface area (Å²) < 4.78 is 0. The summed E-state index contributed by atoms with van der Waals surface area (Å²) in [7, 11) is 0. The highest BCUT2D eigenvalue weighted by atomic mass is 14.9. The summed E-state index contributed by atoms with van der Waals surface area (Å²) in [4.78, 5) is 0. The molecule has 0 aromatic carbocycles. The Bertz CT molecular complexity index is 126. The molecule has 0 aliphatic heterocycles. The fourth-order valence-corrected chi connectivity index (χ4v) is 2.15. The van der Waals surface area contributed by atoms with Gasteiger partial charge in [-0.25, -0.2) is 0 Å². The van der Waals surface area contributed by atoms with Crippen LogP contribution in [-0.2, 0) is 0 Å². The van der Waals surface area contributed by atoms with Gasteiger partial charge in [-0.3, -0.25) is 0 Å². The van der Waals surface area contributed by atoms with E-state index in [1.54, 1.807) is 0 Å². The molecule has 0 saturated heterocycles. The van der Waals surface area contributed by atoms with Crippen molar-refractivity contribution in [3.8, 4) is 0 Å². The zero-order valence-corrected chi connectivity index (χ0v) is 12.2. The van der Waals surface area contributed by atoms with Crippen LogP contribution in [0.3, 0.4) is 0 Å². The standard InChI is InChI=1S/C15H33N/c1-6-8-15(10-7-9-13(2)3)12-16-11-14(4)5/h13-16H,6-12H2,1-5H3. The highest BCUT2D eigenvalue weighted by molar-refractivity contribution is 4.64. The second-order valence-electron chi connectivity index (χ2n) is 6.03. The zero-order valence-electron chi connectivity index (χ0n) is 12.2. The van der Waals surface area contributed by atoms with Crippen LogP contribution in [0.5, 0.6) is 0 Å². The van der Waals surface area contributed by atoms with Gasteiger partial charge in [0, 0.05) is 0 Å². The van der Waals surface area contributed by atoms with Crippen LogP contribution >= 0.6 is 0 Å². The van der Waals surface area contributed by atoms with E-state index in [0.29, 0.717) is 0 Å². The van der Waals surface area contributed by atoms with Crippen molar-refractivity contribution >= 4 is 0 Å². The second-order valence-corrected chi connectivity index (χ2v) is 6.03. The average Bonchev–Trinajstić information content (AvgIpc) is 2.16. The summed E-state index contributed by atoms with van der Waals surface area (Å²) >= 11 is 0. The Hall–Kier alpha value is -0.0400. The maximum atomic E-state index is 3.61. The monoisotopic (exact) mass is 227 g/mol. The van der Waals surface area contributed by atoms with E-state index in [9.17, 15) is 0 Å². The van der Waals surface area contributed by atoms with E-state index < -0.39 is 0 Å². The lowest BCUT2D eigenvalue weighted by Crippen LogP contribution is -2.26. The van der Waals surface area contributed by atoms with Crippen molar-refractivity contribution in [2.75, 3.05) is 13.1 Å². The van der Waals surface area contributed by atoms with Crippen LogP contribution in [-0.4, -0.2) is 13.1 Å². The van der Waals surface area contributed by atoms with E-state index in [-0.39, 0.29) is 0 Å². The third-order valence-electron chi connectivity index (χ3n) is 3.08. The molecule has 1 atom stereocenters. The van der Waals surface area contributed by atoms with Crippen LogP contribution < -0.4 is 5.32 Å². The Morgan fingerprint density at radius 2 is 1.50 bits per heavy atom. The SMILES string of the molecule is CCCC(CCCC(C)C)CNCC(C)C. The highest BCUT2D eigenvalue weighted by Crippen LogP contribution is 2.16.